The summed E-state index contributed by atoms with van der Waals surface area (Å²) in [5.74, 6) is 0.266. The Balaban J connectivity index is 1.42. The van der Waals surface area contributed by atoms with E-state index in [0.717, 1.165) is 5.56 Å². The molecule has 4 aromatic rings. The molecule has 33 heavy (non-hydrogen) atoms. The zero-order valence-electron chi connectivity index (χ0n) is 18.0. The average molecular weight is 464 g/mol. The summed E-state index contributed by atoms with van der Waals surface area (Å²) in [7, 11) is 0. The zero-order valence-corrected chi connectivity index (χ0v) is 18.8. The van der Waals surface area contributed by atoms with Crippen molar-refractivity contribution in [3.05, 3.63) is 82.5 Å². The highest BCUT2D eigenvalue weighted by Crippen LogP contribution is 2.34. The first kappa shape index (κ1) is 21.4. The van der Waals surface area contributed by atoms with Gasteiger partial charge < -0.3 is 4.90 Å². The summed E-state index contributed by atoms with van der Waals surface area (Å²) in [5.41, 5.74) is 1.91. The molecule has 0 fully saturated rings. The lowest BCUT2D eigenvalue weighted by Crippen LogP contribution is -2.34. The molecule has 168 valence electrons. The van der Waals surface area contributed by atoms with E-state index in [2.05, 4.69) is 10.1 Å². The molecule has 1 aliphatic rings. The maximum absolute atomic E-state index is 13.3. The highest BCUT2D eigenvalue weighted by atomic mass is 32.2. The van der Waals surface area contributed by atoms with Crippen LogP contribution in [-0.2, 0) is 11.3 Å². The zero-order chi connectivity index (χ0) is 22.9. The van der Waals surface area contributed by atoms with E-state index >= 15 is 0 Å². The number of hydrogen-bond acceptors (Lipinski definition) is 5. The predicted molar refractivity (Wildman–Crippen MR) is 125 cm³/mol. The first-order valence-electron chi connectivity index (χ1n) is 10.8. The van der Waals surface area contributed by atoms with Crippen LogP contribution in [0.5, 0.6) is 0 Å². The van der Waals surface area contributed by atoms with Crippen LogP contribution in [0, 0.1) is 5.82 Å². The predicted octanol–water partition coefficient (Wildman–Crippen LogP) is 3.81. The largest absolute Gasteiger partial charge is 0.339 e. The number of fused-ring (bicyclic) bond motifs is 2. The van der Waals surface area contributed by atoms with Gasteiger partial charge in [-0.1, -0.05) is 42.1 Å². The summed E-state index contributed by atoms with van der Waals surface area (Å²) in [5, 5.41) is 5.25. The summed E-state index contributed by atoms with van der Waals surface area (Å²) in [6.07, 6.45) is 1.72. The van der Waals surface area contributed by atoms with Crippen molar-refractivity contribution in [2.24, 2.45) is 0 Å². The Morgan fingerprint density at radius 2 is 1.94 bits per heavy atom. The standard InChI is InChI=1S/C24H22FN5O2S/c1-2-28(14-16-6-4-3-5-7-16)21(31)12-19-15-33-24-27-22-20(23(32)29(19)24)13-26-30(22)18-10-8-17(25)9-11-18/h3-11,13,19H,2,12,14-15H2,1H3. The van der Waals surface area contributed by atoms with Crippen LogP contribution in [0.15, 0.2) is 70.7 Å². The molecule has 5 rings (SSSR count). The van der Waals surface area contributed by atoms with Gasteiger partial charge in [-0.25, -0.2) is 14.1 Å². The van der Waals surface area contributed by atoms with Gasteiger partial charge in [-0.2, -0.15) is 5.10 Å². The molecule has 0 saturated carbocycles. The highest BCUT2D eigenvalue weighted by molar-refractivity contribution is 7.99. The van der Waals surface area contributed by atoms with Gasteiger partial charge in [0.15, 0.2) is 10.8 Å². The molecule has 1 unspecified atom stereocenters. The van der Waals surface area contributed by atoms with Gasteiger partial charge in [0.25, 0.3) is 5.56 Å². The Bertz CT molecular complexity index is 1370. The van der Waals surface area contributed by atoms with Crippen LogP contribution in [-0.4, -0.2) is 42.4 Å². The van der Waals surface area contributed by atoms with Gasteiger partial charge in [0.2, 0.25) is 5.91 Å². The van der Waals surface area contributed by atoms with Crippen molar-refractivity contribution >= 4 is 28.7 Å². The lowest BCUT2D eigenvalue weighted by Gasteiger charge is -2.23. The summed E-state index contributed by atoms with van der Waals surface area (Å²) in [6.45, 7) is 3.09. The van der Waals surface area contributed by atoms with Crippen molar-refractivity contribution in [3.8, 4) is 5.69 Å². The number of rotatable bonds is 6. The Morgan fingerprint density at radius 1 is 1.18 bits per heavy atom. The normalized spacial score (nSPS) is 15.0. The van der Waals surface area contributed by atoms with Gasteiger partial charge in [0.1, 0.15) is 11.2 Å². The average Bonchev–Trinajstić information content (AvgIpc) is 3.43. The molecule has 0 bridgehead atoms. The Morgan fingerprint density at radius 3 is 2.67 bits per heavy atom. The monoisotopic (exact) mass is 463 g/mol. The first-order valence-corrected chi connectivity index (χ1v) is 11.7. The van der Waals surface area contributed by atoms with Crippen LogP contribution in [0.25, 0.3) is 16.7 Å². The Kier molecular flexibility index (Phi) is 5.72. The topological polar surface area (TPSA) is 73.0 Å². The third-order valence-electron chi connectivity index (χ3n) is 5.80. The summed E-state index contributed by atoms with van der Waals surface area (Å²) in [6, 6.07) is 15.5. The molecule has 0 N–H and O–H groups in total. The van der Waals surface area contributed by atoms with Gasteiger partial charge in [-0.3, -0.25) is 14.2 Å². The third-order valence-corrected chi connectivity index (χ3v) is 6.90. The molecule has 2 aromatic carbocycles. The Labute approximate surface area is 193 Å². The SMILES string of the molecule is CCN(Cc1ccccc1)C(=O)CC1CSc2nc3c(cnn3-c3ccc(F)cc3)c(=O)n21. The number of aromatic nitrogens is 4. The lowest BCUT2D eigenvalue weighted by molar-refractivity contribution is -0.132. The van der Waals surface area contributed by atoms with Crippen molar-refractivity contribution in [3.63, 3.8) is 0 Å². The lowest BCUT2D eigenvalue weighted by atomic mass is 10.1. The molecule has 7 nitrogen and oxygen atoms in total. The number of thioether (sulfide) groups is 1. The van der Waals surface area contributed by atoms with Crippen molar-refractivity contribution in [1.29, 1.82) is 0 Å². The van der Waals surface area contributed by atoms with Crippen molar-refractivity contribution in [1.82, 2.24) is 24.2 Å². The van der Waals surface area contributed by atoms with Gasteiger partial charge >= 0.3 is 0 Å². The molecule has 0 aliphatic carbocycles. The number of nitrogens with zero attached hydrogens (tertiary/aromatic N) is 5. The molecule has 1 aliphatic heterocycles. The van der Waals surface area contributed by atoms with Crippen LogP contribution in [0.3, 0.4) is 0 Å². The van der Waals surface area contributed by atoms with E-state index in [1.54, 1.807) is 16.7 Å². The minimum absolute atomic E-state index is 0.00815. The number of carbonyl (C=O) groups excluding carboxylic acids is 1. The first-order chi connectivity index (χ1) is 16.0. The minimum atomic E-state index is -0.347. The summed E-state index contributed by atoms with van der Waals surface area (Å²) in [4.78, 5) is 32.9. The van der Waals surface area contributed by atoms with Crippen LogP contribution >= 0.6 is 11.8 Å². The number of hydrogen-bond donors (Lipinski definition) is 0. The van der Waals surface area contributed by atoms with E-state index < -0.39 is 0 Å². The van der Waals surface area contributed by atoms with Crippen molar-refractivity contribution in [2.45, 2.75) is 31.1 Å². The Hall–Kier alpha value is -3.46. The van der Waals surface area contributed by atoms with E-state index in [1.165, 1.54) is 34.8 Å². The van der Waals surface area contributed by atoms with Crippen molar-refractivity contribution in [2.75, 3.05) is 12.3 Å². The second-order valence-corrected chi connectivity index (χ2v) is 8.89. The fourth-order valence-corrected chi connectivity index (χ4v) is 5.19. The van der Waals surface area contributed by atoms with E-state index in [4.69, 9.17) is 0 Å². The van der Waals surface area contributed by atoms with Crippen LogP contribution in [0.1, 0.15) is 24.9 Å². The minimum Gasteiger partial charge on any atom is -0.339 e. The molecular weight excluding hydrogens is 441 g/mol. The molecular formula is C24H22FN5O2S. The number of halogens is 1. The smallest absolute Gasteiger partial charge is 0.265 e. The fraction of sp³-hybridized carbons (Fsp3) is 0.250. The molecule has 2 aromatic heterocycles. The molecule has 0 spiro atoms. The second kappa shape index (κ2) is 8.82. The maximum atomic E-state index is 13.3. The molecule has 1 amide bonds. The number of benzene rings is 2. The third kappa shape index (κ3) is 4.04. The van der Waals surface area contributed by atoms with Crippen LogP contribution in [0.4, 0.5) is 4.39 Å². The van der Waals surface area contributed by atoms with E-state index in [-0.39, 0.29) is 29.7 Å². The molecule has 3 heterocycles. The van der Waals surface area contributed by atoms with Crippen LogP contribution < -0.4 is 5.56 Å². The molecule has 1 atom stereocenters. The highest BCUT2D eigenvalue weighted by Gasteiger charge is 2.30. The molecule has 0 radical (unpaired) electrons. The quantitative estimate of drug-likeness (QED) is 0.407. The fourth-order valence-electron chi connectivity index (χ4n) is 4.06. The number of carbonyl (C=O) groups is 1. The van der Waals surface area contributed by atoms with E-state index in [1.807, 2.05) is 42.2 Å². The van der Waals surface area contributed by atoms with E-state index in [0.29, 0.717) is 40.7 Å². The van der Waals surface area contributed by atoms with Gasteiger partial charge in [0.05, 0.1) is 17.9 Å². The van der Waals surface area contributed by atoms with Gasteiger partial charge in [0, 0.05) is 25.3 Å². The maximum Gasteiger partial charge on any atom is 0.265 e. The second-order valence-electron chi connectivity index (χ2n) is 7.90. The van der Waals surface area contributed by atoms with Gasteiger partial charge in [-0.15, -0.1) is 0 Å². The molecule has 0 saturated heterocycles. The van der Waals surface area contributed by atoms with Crippen molar-refractivity contribution < 1.29 is 9.18 Å². The molecule has 9 heteroatoms. The van der Waals surface area contributed by atoms with Gasteiger partial charge in [-0.05, 0) is 36.8 Å². The van der Waals surface area contributed by atoms with Crippen LogP contribution in [0.2, 0.25) is 0 Å². The summed E-state index contributed by atoms with van der Waals surface area (Å²) >= 11 is 1.46. The van der Waals surface area contributed by atoms with E-state index in [9.17, 15) is 14.0 Å². The number of amides is 1. The summed E-state index contributed by atoms with van der Waals surface area (Å²) < 4.78 is 16.5.